The predicted octanol–water partition coefficient (Wildman–Crippen LogP) is 3.34. The molecule has 4 heteroatoms. The van der Waals surface area contributed by atoms with Crippen molar-refractivity contribution >= 4 is 31.5 Å². The van der Waals surface area contributed by atoms with E-state index in [1.807, 2.05) is 24.3 Å². The van der Waals surface area contributed by atoms with Gasteiger partial charge < -0.3 is 9.84 Å². The summed E-state index contributed by atoms with van der Waals surface area (Å²) in [5.74, 6) is -1.22. The fourth-order valence-electron chi connectivity index (χ4n) is 2.14. The Balaban J connectivity index is 2.39. The van der Waals surface area contributed by atoms with Gasteiger partial charge in [-0.05, 0) is 24.3 Å². The Morgan fingerprint density at radius 2 is 1.85 bits per heavy atom. The van der Waals surface area contributed by atoms with Crippen LogP contribution in [-0.4, -0.2) is 10.9 Å². The molecule has 0 spiro atoms. The zero-order valence-corrected chi connectivity index (χ0v) is 11.7. The van der Waals surface area contributed by atoms with Crippen molar-refractivity contribution in [2.24, 2.45) is 0 Å². The van der Waals surface area contributed by atoms with Gasteiger partial charge in [-0.3, -0.25) is 4.79 Å². The van der Waals surface area contributed by atoms with Crippen molar-refractivity contribution in [3.63, 3.8) is 0 Å². The van der Waals surface area contributed by atoms with Crippen molar-refractivity contribution in [2.45, 2.75) is 12.7 Å². The van der Waals surface area contributed by atoms with Crippen LogP contribution in [-0.2, 0) is 0 Å². The van der Waals surface area contributed by atoms with E-state index in [1.54, 1.807) is 18.2 Å². The monoisotopic (exact) mass is 285 g/mol. The van der Waals surface area contributed by atoms with Gasteiger partial charge in [-0.25, -0.2) is 0 Å². The molecule has 0 saturated heterocycles. The van der Waals surface area contributed by atoms with E-state index in [4.69, 9.17) is 4.74 Å². The molecular weight excluding hydrogens is 272 g/mol. The van der Waals surface area contributed by atoms with E-state index in [2.05, 4.69) is 6.92 Å². The first kappa shape index (κ1) is 13.1. The first-order chi connectivity index (χ1) is 9.46. The van der Waals surface area contributed by atoms with E-state index in [-0.39, 0.29) is 5.43 Å². The van der Waals surface area contributed by atoms with Crippen molar-refractivity contribution < 1.29 is 9.84 Å². The molecule has 0 fully saturated rings. The second kappa shape index (κ2) is 4.58. The molecule has 1 atom stereocenters. The topological polar surface area (TPSA) is 46.5 Å². The minimum atomic E-state index is -1.57. The predicted molar refractivity (Wildman–Crippen MR) is 82.2 cm³/mol. The maximum atomic E-state index is 12.6. The average molecular weight is 285 g/mol. The van der Waals surface area contributed by atoms with Gasteiger partial charge in [0.05, 0.1) is 5.39 Å². The van der Waals surface area contributed by atoms with Gasteiger partial charge in [-0.1, -0.05) is 18.2 Å². The Hall–Kier alpha value is -1.91. The van der Waals surface area contributed by atoms with E-state index >= 15 is 0 Å². The third-order valence-electron chi connectivity index (χ3n) is 2.90. The van der Waals surface area contributed by atoms with Crippen LogP contribution in [0.1, 0.15) is 6.92 Å². The van der Waals surface area contributed by atoms with Crippen LogP contribution in [0.25, 0.3) is 20.2 Å². The van der Waals surface area contributed by atoms with Gasteiger partial charge in [0.1, 0.15) is 5.75 Å². The van der Waals surface area contributed by atoms with E-state index in [9.17, 15) is 9.90 Å². The number of benzene rings is 2. The molecule has 1 N–H and O–H groups in total. The van der Waals surface area contributed by atoms with Crippen molar-refractivity contribution in [1.29, 1.82) is 0 Å². The Labute approximate surface area is 120 Å². The Morgan fingerprint density at radius 3 is 2.60 bits per heavy atom. The summed E-state index contributed by atoms with van der Waals surface area (Å²) in [6.07, 6.45) is 0. The molecule has 1 aromatic heterocycles. The molecule has 0 aliphatic heterocycles. The molecule has 1 radical (unpaired) electrons. The molecule has 0 bridgehead atoms. The standard InChI is InChI=1S/C16H13O3S/c1-16(2,18)19-11-7-5-9-13-14(11)15(17)10-6-3-4-8-12(10)20-13/h3-9,18H,1H2,2H3. The normalized spacial score (nSPS) is 11.9. The van der Waals surface area contributed by atoms with E-state index in [1.165, 1.54) is 18.3 Å². The van der Waals surface area contributed by atoms with Gasteiger partial charge in [-0.15, -0.1) is 11.3 Å². The van der Waals surface area contributed by atoms with Crippen LogP contribution in [0.3, 0.4) is 0 Å². The number of rotatable bonds is 2. The van der Waals surface area contributed by atoms with Gasteiger partial charge in [0.15, 0.2) is 5.43 Å². The summed E-state index contributed by atoms with van der Waals surface area (Å²) in [5, 5.41) is 10.8. The highest BCUT2D eigenvalue weighted by atomic mass is 32.1. The third-order valence-corrected chi connectivity index (χ3v) is 4.03. The lowest BCUT2D eigenvalue weighted by Gasteiger charge is -2.20. The van der Waals surface area contributed by atoms with Gasteiger partial charge in [0, 0.05) is 28.6 Å². The summed E-state index contributed by atoms with van der Waals surface area (Å²) in [6, 6.07) is 12.8. The molecule has 0 aliphatic rings. The first-order valence-electron chi connectivity index (χ1n) is 6.17. The molecule has 0 aliphatic carbocycles. The minimum absolute atomic E-state index is 0.0887. The highest BCUT2D eigenvalue weighted by molar-refractivity contribution is 7.24. The lowest BCUT2D eigenvalue weighted by molar-refractivity contribution is -0.0793. The maximum absolute atomic E-state index is 12.6. The molecule has 2 aromatic carbocycles. The zero-order chi connectivity index (χ0) is 14.3. The molecule has 3 rings (SSSR count). The lowest BCUT2D eigenvalue weighted by atomic mass is 10.1. The van der Waals surface area contributed by atoms with Gasteiger partial charge in [0.2, 0.25) is 5.79 Å². The lowest BCUT2D eigenvalue weighted by Crippen LogP contribution is -2.28. The second-order valence-electron chi connectivity index (χ2n) is 4.83. The van der Waals surface area contributed by atoms with Crippen LogP contribution in [0.2, 0.25) is 0 Å². The summed E-state index contributed by atoms with van der Waals surface area (Å²) in [7, 11) is 0. The average Bonchev–Trinajstić information content (AvgIpc) is 2.37. The summed E-state index contributed by atoms with van der Waals surface area (Å²) in [4.78, 5) is 12.6. The molecule has 1 unspecified atom stereocenters. The highest BCUT2D eigenvalue weighted by Crippen LogP contribution is 2.31. The van der Waals surface area contributed by atoms with Crippen LogP contribution in [0.15, 0.2) is 47.3 Å². The Kier molecular flexibility index (Phi) is 3.00. The van der Waals surface area contributed by atoms with E-state index in [0.29, 0.717) is 16.5 Å². The smallest absolute Gasteiger partial charge is 0.205 e. The summed E-state index contributed by atoms with van der Waals surface area (Å²) >= 11 is 1.52. The van der Waals surface area contributed by atoms with Crippen molar-refractivity contribution in [3.05, 3.63) is 59.6 Å². The highest BCUT2D eigenvalue weighted by Gasteiger charge is 2.18. The molecule has 0 amide bonds. The van der Waals surface area contributed by atoms with Crippen molar-refractivity contribution in [2.75, 3.05) is 0 Å². The summed E-state index contributed by atoms with van der Waals surface area (Å²) in [6.45, 7) is 4.93. The number of hydrogen-bond donors (Lipinski definition) is 1. The molecule has 20 heavy (non-hydrogen) atoms. The summed E-state index contributed by atoms with van der Waals surface area (Å²) < 4.78 is 7.16. The molecular formula is C16H13O3S. The fourth-order valence-corrected chi connectivity index (χ4v) is 3.23. The number of aliphatic hydroxyl groups is 1. The van der Waals surface area contributed by atoms with Gasteiger partial charge in [0.25, 0.3) is 0 Å². The fraction of sp³-hybridized carbons (Fsp3) is 0.125. The number of ether oxygens (including phenoxy) is 1. The minimum Gasteiger partial charge on any atom is -0.462 e. The second-order valence-corrected chi connectivity index (χ2v) is 5.92. The van der Waals surface area contributed by atoms with Crippen molar-refractivity contribution in [1.82, 2.24) is 0 Å². The van der Waals surface area contributed by atoms with Gasteiger partial charge in [-0.2, -0.15) is 0 Å². The third kappa shape index (κ3) is 2.28. The van der Waals surface area contributed by atoms with Crippen LogP contribution in [0.5, 0.6) is 5.75 Å². The molecule has 3 nitrogen and oxygen atoms in total. The molecule has 1 heterocycles. The first-order valence-corrected chi connectivity index (χ1v) is 6.99. The van der Waals surface area contributed by atoms with E-state index < -0.39 is 5.79 Å². The maximum Gasteiger partial charge on any atom is 0.205 e. The van der Waals surface area contributed by atoms with E-state index in [0.717, 1.165) is 9.40 Å². The largest absolute Gasteiger partial charge is 0.462 e. The number of fused-ring (bicyclic) bond motifs is 2. The quantitative estimate of drug-likeness (QED) is 0.580. The van der Waals surface area contributed by atoms with Crippen LogP contribution in [0.4, 0.5) is 0 Å². The zero-order valence-electron chi connectivity index (χ0n) is 10.9. The van der Waals surface area contributed by atoms with Crippen LogP contribution >= 0.6 is 11.3 Å². The van der Waals surface area contributed by atoms with Gasteiger partial charge >= 0.3 is 0 Å². The molecule has 3 aromatic rings. The van der Waals surface area contributed by atoms with Crippen LogP contribution < -0.4 is 10.2 Å². The summed E-state index contributed by atoms with van der Waals surface area (Å²) in [5.41, 5.74) is -0.0887. The van der Waals surface area contributed by atoms with Crippen molar-refractivity contribution in [3.8, 4) is 5.75 Å². The SMILES string of the molecule is [CH2]C(C)(O)Oc1cccc2sc3ccccc3c(=O)c12. The molecule has 101 valence electrons. The van der Waals surface area contributed by atoms with Crippen LogP contribution in [0, 0.1) is 6.92 Å². The molecule has 0 saturated carbocycles. The number of hydrogen-bond acceptors (Lipinski definition) is 4. The Morgan fingerprint density at radius 1 is 1.15 bits per heavy atom. The Bertz CT molecular complexity index is 844.